The fourth-order valence-corrected chi connectivity index (χ4v) is 5.14. The molecule has 1 amide bonds. The van der Waals surface area contributed by atoms with Crippen LogP contribution in [0, 0.1) is 0 Å². The predicted octanol–water partition coefficient (Wildman–Crippen LogP) is 3.63. The molecule has 5 rings (SSSR count). The van der Waals surface area contributed by atoms with E-state index in [0.717, 1.165) is 55.6 Å². The van der Waals surface area contributed by atoms with Gasteiger partial charge in [0.1, 0.15) is 0 Å². The van der Waals surface area contributed by atoms with Crippen LogP contribution in [0.3, 0.4) is 0 Å². The number of nitrogens with one attached hydrogen (secondary N) is 1. The molecule has 0 saturated carbocycles. The highest BCUT2D eigenvalue weighted by Gasteiger charge is 2.29. The van der Waals surface area contributed by atoms with Gasteiger partial charge in [0.2, 0.25) is 5.91 Å². The van der Waals surface area contributed by atoms with Crippen molar-refractivity contribution in [3.63, 3.8) is 0 Å². The van der Waals surface area contributed by atoms with Crippen LogP contribution in [0.25, 0.3) is 11.0 Å². The summed E-state index contributed by atoms with van der Waals surface area (Å²) in [6.45, 7) is 3.29. The highest BCUT2D eigenvalue weighted by Crippen LogP contribution is 2.29. The van der Waals surface area contributed by atoms with Gasteiger partial charge in [-0.05, 0) is 56.1 Å². The van der Waals surface area contributed by atoms with Crippen molar-refractivity contribution in [1.29, 1.82) is 0 Å². The number of aromatic nitrogens is 2. The number of H-pyrrole nitrogens is 1. The number of nitrogens with zero attached hydrogens (tertiary/aromatic N) is 3. The Morgan fingerprint density at radius 1 is 1.00 bits per heavy atom. The van der Waals surface area contributed by atoms with E-state index < -0.39 is 0 Å². The van der Waals surface area contributed by atoms with Crippen LogP contribution in [0.2, 0.25) is 5.02 Å². The van der Waals surface area contributed by atoms with Crippen LogP contribution in [0.1, 0.15) is 42.1 Å². The lowest BCUT2D eigenvalue weighted by molar-refractivity contribution is -0.118. The first-order chi connectivity index (χ1) is 15.5. The molecule has 2 aliphatic rings. The van der Waals surface area contributed by atoms with Gasteiger partial charge in [-0.15, -0.1) is 0 Å². The van der Waals surface area contributed by atoms with Crippen LogP contribution in [-0.4, -0.2) is 52.3 Å². The lowest BCUT2D eigenvalue weighted by atomic mass is 9.99. The second-order valence-electron chi connectivity index (χ2n) is 8.55. The maximum Gasteiger partial charge on any atom is 0.326 e. The standard InChI is InChI=1S/C24H25ClN4O3/c25-16-6-7-21-19(14-16)26-24(32)29(21)17-8-12-27(13-9-17)10-3-11-28-20-5-2-1-4-18(20)22(30)15-23(28)31/h1-2,4-7,14,17H,3,8-13,15H2,(H,26,32). The average Bonchev–Trinajstić information content (AvgIpc) is 3.11. The minimum Gasteiger partial charge on any atom is -0.311 e. The molecular weight excluding hydrogens is 428 g/mol. The summed E-state index contributed by atoms with van der Waals surface area (Å²) < 4.78 is 1.86. The number of hydrogen-bond acceptors (Lipinski definition) is 4. The number of hydrogen-bond donors (Lipinski definition) is 1. The van der Waals surface area contributed by atoms with Gasteiger partial charge >= 0.3 is 5.69 Å². The number of fused-ring (bicyclic) bond motifs is 2. The zero-order valence-electron chi connectivity index (χ0n) is 17.7. The van der Waals surface area contributed by atoms with Crippen molar-refractivity contribution in [3.8, 4) is 0 Å². The molecule has 3 heterocycles. The van der Waals surface area contributed by atoms with Crippen LogP contribution in [0.5, 0.6) is 0 Å². The molecule has 2 aliphatic heterocycles. The van der Waals surface area contributed by atoms with Gasteiger partial charge in [-0.3, -0.25) is 14.2 Å². The molecule has 1 N–H and O–H groups in total. The molecule has 1 aromatic heterocycles. The number of ketones is 1. The number of aromatic amines is 1. The Labute approximate surface area is 190 Å². The highest BCUT2D eigenvalue weighted by molar-refractivity contribution is 6.31. The third kappa shape index (κ3) is 3.87. The number of para-hydroxylation sites is 1. The van der Waals surface area contributed by atoms with Crippen molar-refractivity contribution < 1.29 is 9.59 Å². The molecule has 0 unspecified atom stereocenters. The second kappa shape index (κ2) is 8.56. The highest BCUT2D eigenvalue weighted by atomic mass is 35.5. The van der Waals surface area contributed by atoms with Crippen LogP contribution in [0.15, 0.2) is 47.3 Å². The van der Waals surface area contributed by atoms with Crippen LogP contribution >= 0.6 is 11.6 Å². The molecule has 8 heteroatoms. The maximum absolute atomic E-state index is 12.5. The second-order valence-corrected chi connectivity index (χ2v) is 8.99. The number of imidazole rings is 1. The fraction of sp³-hybridized carbons (Fsp3) is 0.375. The summed E-state index contributed by atoms with van der Waals surface area (Å²) in [7, 11) is 0. The zero-order valence-corrected chi connectivity index (χ0v) is 18.5. The average molecular weight is 453 g/mol. The molecule has 3 aromatic rings. The molecular formula is C24H25ClN4O3. The van der Waals surface area contributed by atoms with Gasteiger partial charge < -0.3 is 14.8 Å². The largest absolute Gasteiger partial charge is 0.326 e. The minimum atomic E-state index is -0.119. The fourth-order valence-electron chi connectivity index (χ4n) is 4.97. The third-order valence-electron chi connectivity index (χ3n) is 6.56. The Bertz CT molecular complexity index is 1240. The van der Waals surface area contributed by atoms with E-state index in [2.05, 4.69) is 9.88 Å². The van der Waals surface area contributed by atoms with E-state index in [1.807, 2.05) is 34.9 Å². The predicted molar refractivity (Wildman–Crippen MR) is 125 cm³/mol. The molecule has 7 nitrogen and oxygen atoms in total. The Kier molecular flexibility index (Phi) is 5.61. The number of anilines is 1. The Balaban J connectivity index is 1.19. The summed E-state index contributed by atoms with van der Waals surface area (Å²) in [6.07, 6.45) is 2.59. The Morgan fingerprint density at radius 3 is 2.59 bits per heavy atom. The first kappa shape index (κ1) is 21.0. The van der Waals surface area contributed by atoms with Crippen molar-refractivity contribution in [2.75, 3.05) is 31.1 Å². The smallest absolute Gasteiger partial charge is 0.311 e. The molecule has 166 valence electrons. The first-order valence-electron chi connectivity index (χ1n) is 11.1. The van der Waals surface area contributed by atoms with E-state index in [4.69, 9.17) is 11.6 Å². The van der Waals surface area contributed by atoms with Gasteiger partial charge in [-0.2, -0.15) is 0 Å². The topological polar surface area (TPSA) is 78.4 Å². The van der Waals surface area contributed by atoms with E-state index in [1.165, 1.54) is 0 Å². The summed E-state index contributed by atoms with van der Waals surface area (Å²) in [4.78, 5) is 44.1. The van der Waals surface area contributed by atoms with E-state index >= 15 is 0 Å². The van der Waals surface area contributed by atoms with Gasteiger partial charge in [0.15, 0.2) is 5.78 Å². The Morgan fingerprint density at radius 2 is 1.78 bits per heavy atom. The van der Waals surface area contributed by atoms with E-state index in [9.17, 15) is 14.4 Å². The number of benzene rings is 2. The lowest BCUT2D eigenvalue weighted by Gasteiger charge is -2.33. The van der Waals surface area contributed by atoms with Crippen LogP contribution in [-0.2, 0) is 4.79 Å². The van der Waals surface area contributed by atoms with Crippen molar-refractivity contribution in [2.45, 2.75) is 31.7 Å². The Hall–Kier alpha value is -2.90. The number of amides is 1. The number of rotatable bonds is 5. The van der Waals surface area contributed by atoms with Gasteiger partial charge in [-0.1, -0.05) is 23.7 Å². The number of likely N-dealkylation sites (tertiary alicyclic amines) is 1. The third-order valence-corrected chi connectivity index (χ3v) is 6.80. The van der Waals surface area contributed by atoms with Crippen molar-refractivity contribution in [2.24, 2.45) is 0 Å². The quantitative estimate of drug-likeness (QED) is 0.599. The van der Waals surface area contributed by atoms with E-state index in [-0.39, 0.29) is 29.8 Å². The normalized spacial score (nSPS) is 17.8. The molecule has 32 heavy (non-hydrogen) atoms. The molecule has 1 fully saturated rings. The minimum absolute atomic E-state index is 0.0486. The van der Waals surface area contributed by atoms with Crippen molar-refractivity contribution >= 4 is 40.0 Å². The first-order valence-corrected chi connectivity index (χ1v) is 11.4. The van der Waals surface area contributed by atoms with E-state index in [1.54, 1.807) is 17.0 Å². The SMILES string of the molecule is O=C1CC(=O)N(CCCN2CCC(n3c(=O)[nH]c4cc(Cl)ccc43)CC2)c2ccccc21. The summed E-state index contributed by atoms with van der Waals surface area (Å²) in [5.41, 5.74) is 2.95. The molecule has 0 bridgehead atoms. The molecule has 0 spiro atoms. The van der Waals surface area contributed by atoms with Crippen LogP contribution in [0.4, 0.5) is 5.69 Å². The van der Waals surface area contributed by atoms with Gasteiger partial charge in [0.05, 0.1) is 23.1 Å². The van der Waals surface area contributed by atoms with Crippen molar-refractivity contribution in [1.82, 2.24) is 14.5 Å². The molecule has 0 atom stereocenters. The van der Waals surface area contributed by atoms with Crippen LogP contribution < -0.4 is 10.6 Å². The zero-order chi connectivity index (χ0) is 22.2. The van der Waals surface area contributed by atoms with Gasteiger partial charge in [0, 0.05) is 36.3 Å². The summed E-state index contributed by atoms with van der Waals surface area (Å²) in [6, 6.07) is 13.0. The molecule has 2 aromatic carbocycles. The number of carbonyl (C=O) groups is 2. The monoisotopic (exact) mass is 452 g/mol. The lowest BCUT2D eigenvalue weighted by Crippen LogP contribution is -2.41. The van der Waals surface area contributed by atoms with Crippen molar-refractivity contribution in [3.05, 3.63) is 63.5 Å². The van der Waals surface area contributed by atoms with E-state index in [0.29, 0.717) is 17.1 Å². The van der Waals surface area contributed by atoms with Gasteiger partial charge in [-0.25, -0.2) is 4.79 Å². The summed E-state index contributed by atoms with van der Waals surface area (Å²) in [5.74, 6) is -0.218. The summed E-state index contributed by atoms with van der Waals surface area (Å²) >= 11 is 6.05. The maximum atomic E-state index is 12.5. The van der Waals surface area contributed by atoms with Gasteiger partial charge in [0.25, 0.3) is 0 Å². The molecule has 0 radical (unpaired) electrons. The number of carbonyl (C=O) groups excluding carboxylic acids is 2. The molecule has 0 aliphatic carbocycles. The number of piperidine rings is 1. The summed E-state index contributed by atoms with van der Waals surface area (Å²) in [5, 5.41) is 0.611. The molecule has 1 saturated heterocycles. The number of halogens is 1. The number of Topliss-reactive ketones (excluding diaryl/α,β-unsaturated/α-hetero) is 1.